The highest BCUT2D eigenvalue weighted by Gasteiger charge is 2.14. The van der Waals surface area contributed by atoms with Crippen LogP contribution in [0.1, 0.15) is 0 Å². The number of anilines is 1. The Kier molecular flexibility index (Phi) is 5.49. The Morgan fingerprint density at radius 3 is 2.08 bits per heavy atom. The average molecular weight is 434 g/mol. The number of hydrogen-bond donors (Lipinski definition) is 1. The first-order valence-corrected chi connectivity index (χ1v) is 9.95. The first kappa shape index (κ1) is 18.3. The molecule has 0 saturated carbocycles. The van der Waals surface area contributed by atoms with Crippen molar-refractivity contribution in [1.29, 1.82) is 0 Å². The maximum atomic E-state index is 12.5. The fourth-order valence-electron chi connectivity index (χ4n) is 2.25. The van der Waals surface area contributed by atoms with E-state index < -0.39 is 10.0 Å². The highest BCUT2D eigenvalue weighted by atomic mass is 79.9. The zero-order valence-corrected chi connectivity index (χ0v) is 16.2. The predicted molar refractivity (Wildman–Crippen MR) is 104 cm³/mol. The molecule has 3 rings (SSSR count). The van der Waals surface area contributed by atoms with E-state index in [-0.39, 0.29) is 4.90 Å². The molecule has 1 N–H and O–H groups in total. The number of rotatable bonds is 6. The Labute approximate surface area is 160 Å². The molecule has 0 fully saturated rings. The van der Waals surface area contributed by atoms with Crippen molar-refractivity contribution in [1.82, 2.24) is 0 Å². The molecule has 0 aromatic heterocycles. The van der Waals surface area contributed by atoms with Gasteiger partial charge in [0.15, 0.2) is 11.5 Å². The predicted octanol–water partition coefficient (Wildman–Crippen LogP) is 5.05. The van der Waals surface area contributed by atoms with Crippen LogP contribution in [0.15, 0.2) is 82.2 Å². The largest absolute Gasteiger partial charge is 0.493 e. The van der Waals surface area contributed by atoms with Gasteiger partial charge in [-0.2, -0.15) is 0 Å². The second kappa shape index (κ2) is 7.80. The average Bonchev–Trinajstić information content (AvgIpc) is 2.64. The molecule has 0 aliphatic rings. The molecule has 0 bridgehead atoms. The van der Waals surface area contributed by atoms with E-state index in [1.165, 1.54) is 12.1 Å². The lowest BCUT2D eigenvalue weighted by Crippen LogP contribution is -2.12. The Hall–Kier alpha value is -2.51. The summed E-state index contributed by atoms with van der Waals surface area (Å²) in [4.78, 5) is 0.146. The lowest BCUT2D eigenvalue weighted by atomic mass is 10.3. The summed E-state index contributed by atoms with van der Waals surface area (Å²) in [5.74, 6) is 1.66. The first-order valence-electron chi connectivity index (χ1n) is 7.67. The molecule has 0 atom stereocenters. The molecule has 3 aromatic carbocycles. The summed E-state index contributed by atoms with van der Waals surface area (Å²) in [5, 5.41) is 0. The third-order valence-electron chi connectivity index (χ3n) is 3.53. The molecular weight excluding hydrogens is 418 g/mol. The summed E-state index contributed by atoms with van der Waals surface area (Å²) >= 11 is 3.32. The Morgan fingerprint density at radius 1 is 0.846 bits per heavy atom. The Balaban J connectivity index is 1.77. The minimum Gasteiger partial charge on any atom is -0.493 e. The number of methoxy groups -OCH3 is 1. The molecule has 134 valence electrons. The van der Waals surface area contributed by atoms with Gasteiger partial charge in [-0.1, -0.05) is 28.1 Å². The number of nitrogens with one attached hydrogen (secondary N) is 1. The second-order valence-corrected chi connectivity index (χ2v) is 7.93. The molecule has 5 nitrogen and oxygen atoms in total. The fraction of sp³-hybridized carbons (Fsp3) is 0.0526. The highest BCUT2D eigenvalue weighted by Crippen LogP contribution is 2.31. The molecule has 0 amide bonds. The van der Waals surface area contributed by atoms with Gasteiger partial charge in [-0.25, -0.2) is 8.42 Å². The lowest BCUT2D eigenvalue weighted by molar-refractivity contribution is 0.379. The molecular formula is C19H16BrNO4S. The lowest BCUT2D eigenvalue weighted by Gasteiger charge is -2.11. The van der Waals surface area contributed by atoms with E-state index in [9.17, 15) is 8.42 Å². The van der Waals surface area contributed by atoms with Crippen LogP contribution in [0.4, 0.5) is 5.69 Å². The van der Waals surface area contributed by atoms with Gasteiger partial charge in [0.25, 0.3) is 10.0 Å². The van der Waals surface area contributed by atoms with Crippen LogP contribution in [0.2, 0.25) is 0 Å². The van der Waals surface area contributed by atoms with E-state index >= 15 is 0 Å². The van der Waals surface area contributed by atoms with Crippen molar-refractivity contribution in [2.45, 2.75) is 4.90 Å². The van der Waals surface area contributed by atoms with Gasteiger partial charge in [0.2, 0.25) is 0 Å². The van der Waals surface area contributed by atoms with Crippen molar-refractivity contribution in [3.8, 4) is 17.2 Å². The van der Waals surface area contributed by atoms with Crippen molar-refractivity contribution in [2.75, 3.05) is 11.8 Å². The van der Waals surface area contributed by atoms with E-state index in [0.717, 1.165) is 4.47 Å². The van der Waals surface area contributed by atoms with Gasteiger partial charge in [-0.05, 0) is 60.7 Å². The monoisotopic (exact) mass is 433 g/mol. The quantitative estimate of drug-likeness (QED) is 0.590. The van der Waals surface area contributed by atoms with Crippen LogP contribution in [-0.2, 0) is 10.0 Å². The maximum Gasteiger partial charge on any atom is 0.261 e. The number of hydrogen-bond acceptors (Lipinski definition) is 4. The van der Waals surface area contributed by atoms with Crippen LogP contribution in [0.5, 0.6) is 17.2 Å². The van der Waals surface area contributed by atoms with Crippen molar-refractivity contribution in [3.05, 3.63) is 77.3 Å². The van der Waals surface area contributed by atoms with Crippen LogP contribution >= 0.6 is 15.9 Å². The summed E-state index contributed by atoms with van der Waals surface area (Å²) in [6, 6.07) is 20.3. The van der Waals surface area contributed by atoms with Crippen LogP contribution < -0.4 is 14.2 Å². The molecule has 0 aliphatic carbocycles. The number of ether oxygens (including phenoxy) is 2. The normalized spacial score (nSPS) is 11.0. The number of para-hydroxylation sites is 2. The van der Waals surface area contributed by atoms with Crippen molar-refractivity contribution < 1.29 is 17.9 Å². The number of sulfonamides is 1. The maximum absolute atomic E-state index is 12.5. The molecule has 26 heavy (non-hydrogen) atoms. The van der Waals surface area contributed by atoms with Crippen molar-refractivity contribution in [3.63, 3.8) is 0 Å². The molecule has 0 aliphatic heterocycles. The van der Waals surface area contributed by atoms with E-state index in [0.29, 0.717) is 22.9 Å². The number of halogens is 1. The third-order valence-corrected chi connectivity index (χ3v) is 5.45. The summed E-state index contributed by atoms with van der Waals surface area (Å²) in [6.45, 7) is 0. The van der Waals surface area contributed by atoms with E-state index in [1.807, 2.05) is 12.1 Å². The molecule has 0 heterocycles. The van der Waals surface area contributed by atoms with Gasteiger partial charge in [-0.3, -0.25) is 4.72 Å². The fourth-order valence-corrected chi connectivity index (χ4v) is 3.57. The summed E-state index contributed by atoms with van der Waals surface area (Å²) < 4.78 is 39.3. The smallest absolute Gasteiger partial charge is 0.261 e. The zero-order valence-electron chi connectivity index (χ0n) is 13.8. The SMILES string of the molecule is COc1ccccc1Oc1ccc(S(=O)(=O)Nc2ccc(Br)cc2)cc1. The van der Waals surface area contributed by atoms with Gasteiger partial charge in [0.05, 0.1) is 12.0 Å². The first-order chi connectivity index (χ1) is 12.5. The van der Waals surface area contributed by atoms with E-state index in [1.54, 1.807) is 55.6 Å². The van der Waals surface area contributed by atoms with Gasteiger partial charge in [-0.15, -0.1) is 0 Å². The molecule has 0 saturated heterocycles. The summed E-state index contributed by atoms with van der Waals surface area (Å²) in [5.41, 5.74) is 0.488. The Morgan fingerprint density at radius 2 is 1.46 bits per heavy atom. The zero-order chi connectivity index (χ0) is 18.6. The van der Waals surface area contributed by atoms with Gasteiger partial charge in [0.1, 0.15) is 5.75 Å². The second-order valence-electron chi connectivity index (χ2n) is 5.34. The molecule has 0 spiro atoms. The topological polar surface area (TPSA) is 64.6 Å². The summed E-state index contributed by atoms with van der Waals surface area (Å²) in [7, 11) is -2.11. The van der Waals surface area contributed by atoms with Crippen LogP contribution in [0.25, 0.3) is 0 Å². The van der Waals surface area contributed by atoms with Gasteiger partial charge < -0.3 is 9.47 Å². The molecule has 7 heteroatoms. The van der Waals surface area contributed by atoms with Gasteiger partial charge in [0, 0.05) is 10.2 Å². The van der Waals surface area contributed by atoms with Crippen molar-refractivity contribution >= 4 is 31.6 Å². The van der Waals surface area contributed by atoms with Crippen LogP contribution in [-0.4, -0.2) is 15.5 Å². The standard InChI is InChI=1S/C19H16BrNO4S/c1-24-18-4-2-3-5-19(18)25-16-10-12-17(13-11-16)26(22,23)21-15-8-6-14(20)7-9-15/h2-13,21H,1H3. The third kappa shape index (κ3) is 4.36. The number of benzene rings is 3. The molecule has 0 unspecified atom stereocenters. The minimum atomic E-state index is -3.67. The van der Waals surface area contributed by atoms with Crippen LogP contribution in [0, 0.1) is 0 Å². The van der Waals surface area contributed by atoms with E-state index in [4.69, 9.17) is 9.47 Å². The Bertz CT molecular complexity index is 987. The highest BCUT2D eigenvalue weighted by molar-refractivity contribution is 9.10. The van der Waals surface area contributed by atoms with E-state index in [2.05, 4.69) is 20.7 Å². The molecule has 3 aromatic rings. The van der Waals surface area contributed by atoms with Crippen molar-refractivity contribution in [2.24, 2.45) is 0 Å². The summed E-state index contributed by atoms with van der Waals surface area (Å²) in [6.07, 6.45) is 0. The van der Waals surface area contributed by atoms with Crippen LogP contribution in [0.3, 0.4) is 0 Å². The van der Waals surface area contributed by atoms with Gasteiger partial charge >= 0.3 is 0 Å². The molecule has 0 radical (unpaired) electrons. The minimum absolute atomic E-state index is 0.146.